The van der Waals surface area contributed by atoms with E-state index < -0.39 is 0 Å². The molecule has 0 bridgehead atoms. The number of benzene rings is 1. The highest BCUT2D eigenvalue weighted by Gasteiger charge is 2.20. The lowest BCUT2D eigenvalue weighted by Gasteiger charge is -2.11. The first kappa shape index (κ1) is 11.4. The molecule has 3 nitrogen and oxygen atoms in total. The summed E-state index contributed by atoms with van der Waals surface area (Å²) < 4.78 is 5.31. The molecular formula is C15H18N2O. The average Bonchev–Trinajstić information content (AvgIpc) is 3.08. The van der Waals surface area contributed by atoms with E-state index in [4.69, 9.17) is 4.74 Å². The molecule has 1 fully saturated rings. The minimum absolute atomic E-state index is 0.715. The van der Waals surface area contributed by atoms with Crippen LogP contribution in [-0.2, 0) is 6.54 Å². The average molecular weight is 242 g/mol. The van der Waals surface area contributed by atoms with Crippen LogP contribution in [0.3, 0.4) is 0 Å². The summed E-state index contributed by atoms with van der Waals surface area (Å²) in [6.07, 6.45) is 4.57. The molecule has 0 radical (unpaired) electrons. The van der Waals surface area contributed by atoms with Gasteiger partial charge in [-0.25, -0.2) is 0 Å². The maximum absolute atomic E-state index is 5.31. The molecule has 0 aliphatic heterocycles. The molecule has 0 spiro atoms. The molecule has 1 aliphatic rings. The van der Waals surface area contributed by atoms with Gasteiger partial charge in [0.05, 0.1) is 7.11 Å². The molecule has 1 heterocycles. The Hall–Kier alpha value is -1.74. The van der Waals surface area contributed by atoms with Crippen molar-refractivity contribution in [2.45, 2.75) is 25.4 Å². The van der Waals surface area contributed by atoms with Gasteiger partial charge in [0.15, 0.2) is 0 Å². The number of nitrogens with one attached hydrogen (secondary N) is 2. The number of rotatable bonds is 5. The Bertz CT molecular complexity index is 515. The summed E-state index contributed by atoms with van der Waals surface area (Å²) in [5, 5.41) is 3.56. The molecule has 2 N–H and O–H groups in total. The zero-order valence-electron chi connectivity index (χ0n) is 10.6. The quantitative estimate of drug-likeness (QED) is 0.845. The molecule has 18 heavy (non-hydrogen) atoms. The van der Waals surface area contributed by atoms with E-state index >= 15 is 0 Å². The molecule has 3 heteroatoms. The van der Waals surface area contributed by atoms with Crippen LogP contribution in [-0.4, -0.2) is 18.1 Å². The Balaban J connectivity index is 1.90. The zero-order valence-corrected chi connectivity index (χ0v) is 10.6. The highest BCUT2D eigenvalue weighted by atomic mass is 16.5. The van der Waals surface area contributed by atoms with Crippen molar-refractivity contribution >= 4 is 0 Å². The fourth-order valence-corrected chi connectivity index (χ4v) is 2.15. The van der Waals surface area contributed by atoms with Crippen molar-refractivity contribution in [1.29, 1.82) is 0 Å². The van der Waals surface area contributed by atoms with Crippen molar-refractivity contribution in [1.82, 2.24) is 10.3 Å². The molecule has 1 aromatic heterocycles. The normalized spacial score (nSPS) is 14.7. The van der Waals surface area contributed by atoms with Gasteiger partial charge in [-0.1, -0.05) is 0 Å². The highest BCUT2D eigenvalue weighted by molar-refractivity contribution is 5.65. The van der Waals surface area contributed by atoms with Crippen molar-refractivity contribution in [2.24, 2.45) is 0 Å². The summed E-state index contributed by atoms with van der Waals surface area (Å²) >= 11 is 0. The Kier molecular flexibility index (Phi) is 3.07. The molecule has 1 aliphatic carbocycles. The van der Waals surface area contributed by atoms with Crippen molar-refractivity contribution in [3.63, 3.8) is 0 Å². The molecule has 0 amide bonds. The monoisotopic (exact) mass is 242 g/mol. The van der Waals surface area contributed by atoms with E-state index in [1.54, 1.807) is 7.11 Å². The molecular weight excluding hydrogens is 224 g/mol. The van der Waals surface area contributed by atoms with Crippen molar-refractivity contribution in [3.05, 3.63) is 42.1 Å². The van der Waals surface area contributed by atoms with Crippen LogP contribution in [0.2, 0.25) is 0 Å². The van der Waals surface area contributed by atoms with Crippen LogP contribution in [0.4, 0.5) is 0 Å². The second kappa shape index (κ2) is 4.86. The van der Waals surface area contributed by atoms with Crippen LogP contribution in [0.5, 0.6) is 5.75 Å². The first-order chi connectivity index (χ1) is 8.86. The third kappa shape index (κ3) is 2.41. The fraction of sp³-hybridized carbons (Fsp3) is 0.333. The lowest BCUT2D eigenvalue weighted by Crippen LogP contribution is -2.16. The zero-order chi connectivity index (χ0) is 12.4. The van der Waals surface area contributed by atoms with E-state index in [2.05, 4.69) is 28.5 Å². The van der Waals surface area contributed by atoms with Gasteiger partial charge in [-0.15, -0.1) is 0 Å². The number of methoxy groups -OCH3 is 1. The van der Waals surface area contributed by atoms with Crippen molar-refractivity contribution in [3.8, 4) is 17.0 Å². The lowest BCUT2D eigenvalue weighted by atomic mass is 10.0. The number of hydrogen-bond acceptors (Lipinski definition) is 2. The summed E-state index contributed by atoms with van der Waals surface area (Å²) in [5.74, 6) is 0.915. The van der Waals surface area contributed by atoms with Gasteiger partial charge < -0.3 is 15.0 Å². The standard InChI is InChI=1S/C15H18N2O/c1-18-13-6-7-14(15-3-2-8-16-15)11(9-13)10-17-12-4-5-12/h2-3,6-9,12,16-17H,4-5,10H2,1H3. The number of aromatic amines is 1. The van der Waals surface area contributed by atoms with Crippen molar-refractivity contribution < 1.29 is 4.74 Å². The molecule has 94 valence electrons. The Morgan fingerprint density at radius 3 is 2.89 bits per heavy atom. The molecule has 3 rings (SSSR count). The topological polar surface area (TPSA) is 37.0 Å². The minimum atomic E-state index is 0.715. The second-order valence-electron chi connectivity index (χ2n) is 4.76. The number of H-pyrrole nitrogens is 1. The van der Waals surface area contributed by atoms with Gasteiger partial charge in [0, 0.05) is 30.0 Å². The molecule has 0 atom stereocenters. The summed E-state index contributed by atoms with van der Waals surface area (Å²) in [7, 11) is 1.71. The van der Waals surface area contributed by atoms with Crippen LogP contribution in [0.25, 0.3) is 11.3 Å². The highest BCUT2D eigenvalue weighted by Crippen LogP contribution is 2.27. The van der Waals surface area contributed by atoms with E-state index in [9.17, 15) is 0 Å². The Morgan fingerprint density at radius 1 is 1.33 bits per heavy atom. The van der Waals surface area contributed by atoms with Crippen LogP contribution >= 0.6 is 0 Å². The molecule has 2 aromatic rings. The summed E-state index contributed by atoms with van der Waals surface area (Å²) in [6.45, 7) is 0.899. The molecule has 1 saturated carbocycles. The third-order valence-corrected chi connectivity index (χ3v) is 3.36. The second-order valence-corrected chi connectivity index (χ2v) is 4.76. The van der Waals surface area contributed by atoms with Crippen LogP contribution in [0, 0.1) is 0 Å². The number of aromatic nitrogens is 1. The van der Waals surface area contributed by atoms with E-state index in [1.165, 1.54) is 24.0 Å². The Morgan fingerprint density at radius 2 is 2.22 bits per heavy atom. The van der Waals surface area contributed by atoms with Gasteiger partial charge in [0.1, 0.15) is 5.75 Å². The van der Waals surface area contributed by atoms with Gasteiger partial charge in [0.25, 0.3) is 0 Å². The maximum Gasteiger partial charge on any atom is 0.119 e. The maximum atomic E-state index is 5.31. The van der Waals surface area contributed by atoms with Gasteiger partial charge >= 0.3 is 0 Å². The van der Waals surface area contributed by atoms with Crippen LogP contribution in [0.1, 0.15) is 18.4 Å². The predicted molar refractivity (Wildman–Crippen MR) is 72.6 cm³/mol. The number of hydrogen-bond donors (Lipinski definition) is 2. The smallest absolute Gasteiger partial charge is 0.119 e. The molecule has 1 aromatic carbocycles. The fourth-order valence-electron chi connectivity index (χ4n) is 2.15. The first-order valence-corrected chi connectivity index (χ1v) is 6.41. The van der Waals surface area contributed by atoms with Crippen LogP contribution in [0.15, 0.2) is 36.5 Å². The Labute approximate surface area is 107 Å². The number of ether oxygens (including phenoxy) is 1. The summed E-state index contributed by atoms with van der Waals surface area (Å²) in [4.78, 5) is 3.27. The largest absolute Gasteiger partial charge is 0.497 e. The van der Waals surface area contributed by atoms with E-state index in [1.807, 2.05) is 18.3 Å². The predicted octanol–water partition coefficient (Wildman–Crippen LogP) is 2.94. The van der Waals surface area contributed by atoms with Gasteiger partial charge in [-0.2, -0.15) is 0 Å². The lowest BCUT2D eigenvalue weighted by molar-refractivity contribution is 0.414. The molecule has 0 unspecified atom stereocenters. The summed E-state index contributed by atoms with van der Waals surface area (Å²) in [5.41, 5.74) is 3.68. The molecule has 0 saturated heterocycles. The minimum Gasteiger partial charge on any atom is -0.497 e. The van der Waals surface area contributed by atoms with Crippen molar-refractivity contribution in [2.75, 3.05) is 7.11 Å². The van der Waals surface area contributed by atoms with E-state index in [-0.39, 0.29) is 0 Å². The van der Waals surface area contributed by atoms with Gasteiger partial charge in [0.2, 0.25) is 0 Å². The first-order valence-electron chi connectivity index (χ1n) is 6.41. The van der Waals surface area contributed by atoms with E-state index in [0.29, 0.717) is 6.04 Å². The van der Waals surface area contributed by atoms with Gasteiger partial charge in [-0.3, -0.25) is 0 Å². The SMILES string of the molecule is COc1ccc(-c2ccc[nH]2)c(CNC2CC2)c1. The summed E-state index contributed by atoms with van der Waals surface area (Å²) in [6, 6.07) is 11.1. The third-order valence-electron chi connectivity index (χ3n) is 3.36. The van der Waals surface area contributed by atoms with Gasteiger partial charge in [-0.05, 0) is 48.7 Å². The van der Waals surface area contributed by atoms with E-state index in [0.717, 1.165) is 18.0 Å². The van der Waals surface area contributed by atoms with Crippen LogP contribution < -0.4 is 10.1 Å².